The van der Waals surface area contributed by atoms with Gasteiger partial charge in [0.25, 0.3) is 0 Å². The summed E-state index contributed by atoms with van der Waals surface area (Å²) in [6, 6.07) is 9.29. The van der Waals surface area contributed by atoms with Gasteiger partial charge >= 0.3 is 0 Å². The zero-order chi connectivity index (χ0) is 12.1. The summed E-state index contributed by atoms with van der Waals surface area (Å²) in [6.07, 6.45) is 2.30. The molecule has 1 aromatic carbocycles. The first-order chi connectivity index (χ1) is 8.25. The van der Waals surface area contributed by atoms with Crippen molar-refractivity contribution < 1.29 is 4.74 Å². The number of rotatable bonds is 6. The van der Waals surface area contributed by atoms with Crippen molar-refractivity contribution in [2.45, 2.75) is 25.8 Å². The minimum absolute atomic E-state index is 0.584. The first kappa shape index (κ1) is 12.3. The Balaban J connectivity index is 1.65. The summed E-state index contributed by atoms with van der Waals surface area (Å²) < 4.78 is 5.47. The van der Waals surface area contributed by atoms with Crippen LogP contribution in [0.1, 0.15) is 18.1 Å². The molecule has 17 heavy (non-hydrogen) atoms. The van der Waals surface area contributed by atoms with Gasteiger partial charge in [0, 0.05) is 12.6 Å². The van der Waals surface area contributed by atoms with Gasteiger partial charge in [-0.25, -0.2) is 0 Å². The highest BCUT2D eigenvalue weighted by molar-refractivity contribution is 5.33. The molecule has 2 nitrogen and oxygen atoms in total. The molecule has 0 bridgehead atoms. The third kappa shape index (κ3) is 3.69. The summed E-state index contributed by atoms with van der Waals surface area (Å²) >= 11 is 0. The molecule has 0 saturated carbocycles. The monoisotopic (exact) mass is 231 g/mol. The SMILES string of the molecule is C=C(C)COCCNC1Cc2ccccc2C1. The van der Waals surface area contributed by atoms with Crippen LogP contribution in [0.25, 0.3) is 0 Å². The van der Waals surface area contributed by atoms with Crippen LogP contribution in [0.4, 0.5) is 0 Å². The average molecular weight is 231 g/mol. The molecular weight excluding hydrogens is 210 g/mol. The maximum Gasteiger partial charge on any atom is 0.0672 e. The molecule has 1 aliphatic carbocycles. The van der Waals surface area contributed by atoms with Crippen LogP contribution < -0.4 is 5.32 Å². The van der Waals surface area contributed by atoms with E-state index < -0.39 is 0 Å². The molecule has 0 aromatic heterocycles. The quantitative estimate of drug-likeness (QED) is 0.599. The van der Waals surface area contributed by atoms with Gasteiger partial charge in [0.05, 0.1) is 13.2 Å². The number of ether oxygens (including phenoxy) is 1. The predicted molar refractivity (Wildman–Crippen MR) is 71.3 cm³/mol. The maximum atomic E-state index is 5.47. The molecule has 0 atom stereocenters. The van der Waals surface area contributed by atoms with Gasteiger partial charge in [-0.1, -0.05) is 36.4 Å². The normalized spacial score (nSPS) is 14.9. The van der Waals surface area contributed by atoms with Gasteiger partial charge in [0.2, 0.25) is 0 Å². The number of benzene rings is 1. The molecule has 0 radical (unpaired) electrons. The number of hydrogen-bond acceptors (Lipinski definition) is 2. The molecule has 0 fully saturated rings. The lowest BCUT2D eigenvalue weighted by molar-refractivity contribution is 0.155. The lowest BCUT2D eigenvalue weighted by Crippen LogP contribution is -2.32. The fraction of sp³-hybridized carbons (Fsp3) is 0.467. The van der Waals surface area contributed by atoms with Crippen LogP contribution in [-0.4, -0.2) is 25.8 Å². The van der Waals surface area contributed by atoms with Gasteiger partial charge in [0.1, 0.15) is 0 Å². The molecule has 1 aromatic rings. The highest BCUT2D eigenvalue weighted by Crippen LogP contribution is 2.21. The Bertz CT molecular complexity index is 361. The fourth-order valence-electron chi connectivity index (χ4n) is 2.28. The molecule has 0 heterocycles. The molecule has 92 valence electrons. The van der Waals surface area contributed by atoms with Crippen molar-refractivity contribution in [2.24, 2.45) is 0 Å². The van der Waals surface area contributed by atoms with E-state index >= 15 is 0 Å². The zero-order valence-corrected chi connectivity index (χ0v) is 10.5. The van der Waals surface area contributed by atoms with Crippen LogP contribution in [0.15, 0.2) is 36.4 Å². The smallest absolute Gasteiger partial charge is 0.0672 e. The van der Waals surface area contributed by atoms with E-state index in [-0.39, 0.29) is 0 Å². The van der Waals surface area contributed by atoms with Gasteiger partial charge in [-0.2, -0.15) is 0 Å². The Morgan fingerprint density at radius 2 is 2.00 bits per heavy atom. The van der Waals surface area contributed by atoms with Crippen molar-refractivity contribution in [3.63, 3.8) is 0 Å². The van der Waals surface area contributed by atoms with Gasteiger partial charge in [-0.3, -0.25) is 0 Å². The number of nitrogens with one attached hydrogen (secondary N) is 1. The summed E-state index contributed by atoms with van der Waals surface area (Å²) in [5, 5.41) is 3.55. The van der Waals surface area contributed by atoms with Gasteiger partial charge < -0.3 is 10.1 Å². The molecule has 0 spiro atoms. The van der Waals surface area contributed by atoms with Crippen molar-refractivity contribution in [1.29, 1.82) is 0 Å². The lowest BCUT2D eigenvalue weighted by Gasteiger charge is -2.11. The second kappa shape index (κ2) is 5.99. The van der Waals surface area contributed by atoms with Crippen LogP contribution in [0, 0.1) is 0 Å². The fourth-order valence-corrected chi connectivity index (χ4v) is 2.28. The Hall–Kier alpha value is -1.12. The molecular formula is C15H21NO. The van der Waals surface area contributed by atoms with Crippen LogP contribution in [0.5, 0.6) is 0 Å². The third-order valence-corrected chi connectivity index (χ3v) is 3.08. The van der Waals surface area contributed by atoms with Gasteiger partial charge in [-0.05, 0) is 30.9 Å². The third-order valence-electron chi connectivity index (χ3n) is 3.08. The van der Waals surface area contributed by atoms with Crippen molar-refractivity contribution in [3.05, 3.63) is 47.5 Å². The van der Waals surface area contributed by atoms with E-state index in [4.69, 9.17) is 4.74 Å². The van der Waals surface area contributed by atoms with E-state index in [1.54, 1.807) is 0 Å². The molecule has 0 unspecified atom stereocenters. The van der Waals surface area contributed by atoms with Crippen molar-refractivity contribution in [3.8, 4) is 0 Å². The van der Waals surface area contributed by atoms with Gasteiger partial charge in [-0.15, -0.1) is 0 Å². The van der Waals surface area contributed by atoms with E-state index in [9.17, 15) is 0 Å². The van der Waals surface area contributed by atoms with Crippen LogP contribution in [0.3, 0.4) is 0 Å². The summed E-state index contributed by atoms with van der Waals surface area (Å²) in [4.78, 5) is 0. The van der Waals surface area contributed by atoms with E-state index in [2.05, 4.69) is 36.2 Å². The Kier molecular flexibility index (Phi) is 4.35. The number of hydrogen-bond donors (Lipinski definition) is 1. The highest BCUT2D eigenvalue weighted by atomic mass is 16.5. The van der Waals surface area contributed by atoms with Gasteiger partial charge in [0.15, 0.2) is 0 Å². The Morgan fingerprint density at radius 3 is 2.59 bits per heavy atom. The van der Waals surface area contributed by atoms with Crippen molar-refractivity contribution in [2.75, 3.05) is 19.8 Å². The number of fused-ring (bicyclic) bond motifs is 1. The minimum atomic E-state index is 0.584. The molecule has 2 heteroatoms. The predicted octanol–water partition coefficient (Wildman–Crippen LogP) is 2.34. The van der Waals surface area contributed by atoms with E-state index in [1.807, 2.05) is 6.92 Å². The van der Waals surface area contributed by atoms with E-state index in [0.29, 0.717) is 12.6 Å². The zero-order valence-electron chi connectivity index (χ0n) is 10.5. The van der Waals surface area contributed by atoms with E-state index in [1.165, 1.54) is 11.1 Å². The first-order valence-corrected chi connectivity index (χ1v) is 6.28. The summed E-state index contributed by atoms with van der Waals surface area (Å²) in [7, 11) is 0. The average Bonchev–Trinajstić information content (AvgIpc) is 2.70. The first-order valence-electron chi connectivity index (χ1n) is 6.28. The Morgan fingerprint density at radius 1 is 1.35 bits per heavy atom. The van der Waals surface area contributed by atoms with Crippen LogP contribution in [-0.2, 0) is 17.6 Å². The molecule has 1 aliphatic rings. The second-order valence-electron chi connectivity index (χ2n) is 4.84. The summed E-state index contributed by atoms with van der Waals surface area (Å²) in [5.41, 5.74) is 4.07. The Labute approximate surface area is 104 Å². The summed E-state index contributed by atoms with van der Waals surface area (Å²) in [5.74, 6) is 0. The topological polar surface area (TPSA) is 21.3 Å². The van der Waals surface area contributed by atoms with Crippen molar-refractivity contribution in [1.82, 2.24) is 5.32 Å². The molecule has 2 rings (SSSR count). The van der Waals surface area contributed by atoms with Crippen LogP contribution >= 0.6 is 0 Å². The standard InChI is InChI=1S/C15H21NO/c1-12(2)11-17-8-7-16-15-9-13-5-3-4-6-14(13)10-15/h3-6,15-16H,1,7-11H2,2H3. The largest absolute Gasteiger partial charge is 0.376 e. The molecule has 0 aliphatic heterocycles. The molecule has 1 N–H and O–H groups in total. The minimum Gasteiger partial charge on any atom is -0.376 e. The summed E-state index contributed by atoms with van der Waals surface area (Å²) in [6.45, 7) is 8.16. The lowest BCUT2D eigenvalue weighted by atomic mass is 10.1. The second-order valence-corrected chi connectivity index (χ2v) is 4.84. The highest BCUT2D eigenvalue weighted by Gasteiger charge is 2.19. The molecule has 0 amide bonds. The molecule has 0 saturated heterocycles. The maximum absolute atomic E-state index is 5.47. The van der Waals surface area contributed by atoms with E-state index in [0.717, 1.165) is 31.6 Å². The van der Waals surface area contributed by atoms with Crippen LogP contribution in [0.2, 0.25) is 0 Å². The van der Waals surface area contributed by atoms with Crippen molar-refractivity contribution >= 4 is 0 Å².